The van der Waals surface area contributed by atoms with Crippen LogP contribution in [0, 0.1) is 0 Å². The highest BCUT2D eigenvalue weighted by Gasteiger charge is 2.56. The topological polar surface area (TPSA) is 58.6 Å². The van der Waals surface area contributed by atoms with E-state index in [4.69, 9.17) is 4.74 Å². The average Bonchev–Trinajstić information content (AvgIpc) is 2.80. The van der Waals surface area contributed by atoms with Crippen LogP contribution in [0.4, 0.5) is 10.5 Å². The van der Waals surface area contributed by atoms with E-state index in [1.165, 1.54) is 4.90 Å². The Bertz CT molecular complexity index is 688. The number of rotatable bonds is 4. The Morgan fingerprint density at radius 2 is 1.59 bits per heavy atom. The van der Waals surface area contributed by atoms with Crippen molar-refractivity contribution in [3.05, 3.63) is 66.2 Å². The van der Waals surface area contributed by atoms with Gasteiger partial charge in [-0.2, -0.15) is 0 Å². The number of nitrogens with one attached hydrogen (secondary N) is 1. The highest BCUT2D eigenvalue weighted by molar-refractivity contribution is 6.16. The van der Waals surface area contributed by atoms with E-state index in [-0.39, 0.29) is 0 Å². The highest BCUT2D eigenvalue weighted by atomic mass is 16.5. The summed E-state index contributed by atoms with van der Waals surface area (Å²) in [7, 11) is 0. The summed E-state index contributed by atoms with van der Waals surface area (Å²) < 4.78 is 5.82. The van der Waals surface area contributed by atoms with Crippen LogP contribution in [0.5, 0.6) is 0 Å². The maximum Gasteiger partial charge on any atom is 0.331 e. The van der Waals surface area contributed by atoms with Gasteiger partial charge in [-0.1, -0.05) is 48.5 Å². The maximum atomic E-state index is 12.6. The molecular weight excluding hydrogens is 280 g/mol. The molecule has 0 aromatic heterocycles. The van der Waals surface area contributed by atoms with E-state index in [1.807, 2.05) is 36.4 Å². The van der Waals surface area contributed by atoms with Crippen LogP contribution in [-0.4, -0.2) is 18.5 Å². The quantitative estimate of drug-likeness (QED) is 0.882. The third kappa shape index (κ3) is 2.07. The summed E-state index contributed by atoms with van der Waals surface area (Å²) in [5.41, 5.74) is -0.263. The molecule has 1 N–H and O–H groups in total. The monoisotopic (exact) mass is 296 g/mol. The first-order chi connectivity index (χ1) is 10.7. The third-order valence-electron chi connectivity index (χ3n) is 3.58. The van der Waals surface area contributed by atoms with Crippen molar-refractivity contribution >= 4 is 17.6 Å². The third-order valence-corrected chi connectivity index (χ3v) is 3.58. The van der Waals surface area contributed by atoms with Crippen LogP contribution in [0.15, 0.2) is 60.7 Å². The van der Waals surface area contributed by atoms with Crippen molar-refractivity contribution < 1.29 is 14.3 Å². The van der Waals surface area contributed by atoms with Crippen molar-refractivity contribution in [3.63, 3.8) is 0 Å². The fourth-order valence-corrected chi connectivity index (χ4v) is 2.70. The van der Waals surface area contributed by atoms with Crippen molar-refractivity contribution in [3.8, 4) is 0 Å². The second-order valence-corrected chi connectivity index (χ2v) is 4.87. The molecule has 112 valence electrons. The van der Waals surface area contributed by atoms with Gasteiger partial charge in [-0.15, -0.1) is 0 Å². The molecule has 1 fully saturated rings. The summed E-state index contributed by atoms with van der Waals surface area (Å²) in [6, 6.07) is 17.6. The van der Waals surface area contributed by atoms with E-state index in [2.05, 4.69) is 5.32 Å². The van der Waals surface area contributed by atoms with Crippen LogP contribution in [0.25, 0.3) is 0 Å². The minimum absolute atomic E-state index is 0.291. The summed E-state index contributed by atoms with van der Waals surface area (Å²) in [5.74, 6) is -0.477. The smallest absolute Gasteiger partial charge is 0.331 e. The lowest BCUT2D eigenvalue weighted by molar-refractivity contribution is -0.142. The molecule has 0 radical (unpaired) electrons. The van der Waals surface area contributed by atoms with E-state index >= 15 is 0 Å². The average molecular weight is 296 g/mol. The van der Waals surface area contributed by atoms with Gasteiger partial charge < -0.3 is 4.74 Å². The predicted molar refractivity (Wildman–Crippen MR) is 82.2 cm³/mol. The molecule has 1 saturated heterocycles. The lowest BCUT2D eigenvalue weighted by atomic mass is 10.0. The van der Waals surface area contributed by atoms with Crippen molar-refractivity contribution in [1.29, 1.82) is 0 Å². The summed E-state index contributed by atoms with van der Waals surface area (Å²) >= 11 is 0. The van der Waals surface area contributed by atoms with E-state index < -0.39 is 17.7 Å². The van der Waals surface area contributed by atoms with E-state index in [9.17, 15) is 9.59 Å². The number of urea groups is 1. The van der Waals surface area contributed by atoms with Crippen molar-refractivity contribution in [1.82, 2.24) is 5.32 Å². The number of imide groups is 1. The van der Waals surface area contributed by atoms with Gasteiger partial charge in [0.15, 0.2) is 0 Å². The number of ether oxygens (including phenoxy) is 1. The van der Waals surface area contributed by atoms with Gasteiger partial charge in [-0.3, -0.25) is 15.0 Å². The number of hydrogen-bond acceptors (Lipinski definition) is 3. The van der Waals surface area contributed by atoms with Crippen LogP contribution in [0.2, 0.25) is 0 Å². The number of benzene rings is 2. The normalized spacial score (nSPS) is 21.0. The number of anilines is 1. The molecule has 5 nitrogen and oxygen atoms in total. The first-order valence-electron chi connectivity index (χ1n) is 7.10. The molecule has 0 saturated carbocycles. The van der Waals surface area contributed by atoms with Gasteiger partial charge in [0, 0.05) is 17.9 Å². The number of amides is 3. The SMILES string of the molecule is CCOC1(c2ccccc2)C(=O)NC(=O)N1c1ccccc1. The molecule has 5 heteroatoms. The zero-order valence-corrected chi connectivity index (χ0v) is 12.2. The lowest BCUT2D eigenvalue weighted by Gasteiger charge is -2.35. The predicted octanol–water partition coefficient (Wildman–Crippen LogP) is 2.63. The Morgan fingerprint density at radius 1 is 1.00 bits per heavy atom. The van der Waals surface area contributed by atoms with E-state index in [0.717, 1.165) is 0 Å². The highest BCUT2D eigenvalue weighted by Crippen LogP contribution is 2.38. The second-order valence-electron chi connectivity index (χ2n) is 4.87. The standard InChI is InChI=1S/C17H16N2O3/c1-2-22-17(13-9-5-3-6-10-13)15(20)18-16(21)19(17)14-11-7-4-8-12-14/h3-12H,2H2,1H3,(H,18,20,21). The molecular formula is C17H16N2O3. The van der Waals surface area contributed by atoms with Crippen LogP contribution < -0.4 is 10.2 Å². The van der Waals surface area contributed by atoms with Crippen molar-refractivity contribution in [2.75, 3.05) is 11.5 Å². The number of hydrogen-bond donors (Lipinski definition) is 1. The van der Waals surface area contributed by atoms with Crippen molar-refractivity contribution in [2.24, 2.45) is 0 Å². The molecule has 0 bridgehead atoms. The number of carbonyl (C=O) groups is 2. The Kier molecular flexibility index (Phi) is 3.65. The molecule has 1 atom stereocenters. The molecule has 1 aliphatic heterocycles. The molecule has 0 aliphatic carbocycles. The first-order valence-corrected chi connectivity index (χ1v) is 7.10. The summed E-state index contributed by atoms with van der Waals surface area (Å²) in [4.78, 5) is 26.3. The summed E-state index contributed by atoms with van der Waals surface area (Å²) in [6.45, 7) is 2.09. The van der Waals surface area contributed by atoms with Crippen LogP contribution in [0.1, 0.15) is 12.5 Å². The molecule has 1 heterocycles. The van der Waals surface area contributed by atoms with Gasteiger partial charge in [-0.25, -0.2) is 4.79 Å². The Morgan fingerprint density at radius 3 is 2.18 bits per heavy atom. The molecule has 1 aliphatic rings. The number of nitrogens with zero attached hydrogens (tertiary/aromatic N) is 1. The molecule has 22 heavy (non-hydrogen) atoms. The van der Waals surface area contributed by atoms with Crippen LogP contribution in [-0.2, 0) is 15.3 Å². The number of carbonyl (C=O) groups excluding carboxylic acids is 2. The van der Waals surface area contributed by atoms with E-state index in [1.54, 1.807) is 31.2 Å². The first kappa shape index (κ1) is 14.3. The fourth-order valence-electron chi connectivity index (χ4n) is 2.70. The maximum absolute atomic E-state index is 12.6. The van der Waals surface area contributed by atoms with Crippen LogP contribution in [0.3, 0.4) is 0 Å². The van der Waals surface area contributed by atoms with Gasteiger partial charge in [0.2, 0.25) is 0 Å². The Balaban J connectivity index is 2.21. The Hall–Kier alpha value is -2.66. The summed E-state index contributed by atoms with van der Waals surface area (Å²) in [6.07, 6.45) is 0. The van der Waals surface area contributed by atoms with E-state index in [0.29, 0.717) is 17.9 Å². The molecule has 2 aromatic carbocycles. The molecule has 1 unspecified atom stereocenters. The van der Waals surface area contributed by atoms with Crippen molar-refractivity contribution in [2.45, 2.75) is 12.6 Å². The minimum atomic E-state index is -1.48. The van der Waals surface area contributed by atoms with Gasteiger partial charge in [0.05, 0.1) is 0 Å². The largest absolute Gasteiger partial charge is 0.343 e. The van der Waals surface area contributed by atoms with Gasteiger partial charge in [0.25, 0.3) is 11.6 Å². The molecule has 2 aromatic rings. The summed E-state index contributed by atoms with van der Waals surface area (Å²) in [5, 5.41) is 2.36. The zero-order valence-electron chi connectivity index (χ0n) is 12.2. The number of para-hydroxylation sites is 1. The minimum Gasteiger partial charge on any atom is -0.343 e. The van der Waals surface area contributed by atoms with Gasteiger partial charge >= 0.3 is 6.03 Å². The second kappa shape index (κ2) is 5.61. The Labute approximate surface area is 128 Å². The lowest BCUT2D eigenvalue weighted by Crippen LogP contribution is -2.49. The van der Waals surface area contributed by atoms with Gasteiger partial charge in [0.1, 0.15) is 0 Å². The van der Waals surface area contributed by atoms with Gasteiger partial charge in [-0.05, 0) is 19.1 Å². The molecule has 3 rings (SSSR count). The molecule has 0 spiro atoms. The fraction of sp³-hybridized carbons (Fsp3) is 0.176. The zero-order chi connectivity index (χ0) is 15.6. The molecule has 3 amide bonds. The van der Waals surface area contributed by atoms with Crippen LogP contribution >= 0.6 is 0 Å².